The highest BCUT2D eigenvalue weighted by molar-refractivity contribution is 5.64. The molecule has 0 amide bonds. The van der Waals surface area contributed by atoms with Crippen LogP contribution in [0.2, 0.25) is 0 Å². The molecule has 2 heterocycles. The number of ether oxygens (including phenoxy) is 1. The van der Waals surface area contributed by atoms with E-state index < -0.39 is 0 Å². The van der Waals surface area contributed by atoms with Crippen LogP contribution in [0.15, 0.2) is 18.2 Å². The molecule has 19 heavy (non-hydrogen) atoms. The van der Waals surface area contributed by atoms with E-state index >= 15 is 0 Å². The summed E-state index contributed by atoms with van der Waals surface area (Å²) in [4.78, 5) is 4.55. The lowest BCUT2D eigenvalue weighted by Gasteiger charge is -2.04. The van der Waals surface area contributed by atoms with Crippen LogP contribution >= 0.6 is 0 Å². The maximum atomic E-state index is 13.8. The first-order valence-electron chi connectivity index (χ1n) is 6.37. The highest BCUT2D eigenvalue weighted by Gasteiger charge is 2.22. The molecule has 1 aliphatic rings. The van der Waals surface area contributed by atoms with Crippen LogP contribution in [-0.2, 0) is 19.5 Å². The standard InChI is InChI=1S/C14H16FN3O/c1-19-12-5-4-9(7-10(12)15)14-11-3-2-6-18(11)13(8-16)17-14/h4-5,7H,2-3,6,8,16H2,1H3. The van der Waals surface area contributed by atoms with Gasteiger partial charge in [0.15, 0.2) is 11.6 Å². The van der Waals surface area contributed by atoms with E-state index in [2.05, 4.69) is 9.55 Å². The fourth-order valence-electron chi connectivity index (χ4n) is 2.66. The second-order valence-electron chi connectivity index (χ2n) is 4.63. The molecule has 0 spiro atoms. The van der Waals surface area contributed by atoms with Crippen molar-refractivity contribution in [2.75, 3.05) is 7.11 Å². The molecule has 0 radical (unpaired) electrons. The number of hydrogen-bond acceptors (Lipinski definition) is 3. The normalized spacial score (nSPS) is 13.6. The number of aromatic nitrogens is 2. The van der Waals surface area contributed by atoms with Crippen LogP contribution in [0.25, 0.3) is 11.3 Å². The molecule has 100 valence electrons. The lowest BCUT2D eigenvalue weighted by molar-refractivity contribution is 0.386. The largest absolute Gasteiger partial charge is 0.494 e. The number of halogens is 1. The minimum absolute atomic E-state index is 0.249. The summed E-state index contributed by atoms with van der Waals surface area (Å²) < 4.78 is 20.9. The highest BCUT2D eigenvalue weighted by Crippen LogP contribution is 2.31. The number of hydrogen-bond donors (Lipinski definition) is 1. The molecule has 0 saturated carbocycles. The molecule has 3 rings (SSSR count). The fourth-order valence-corrected chi connectivity index (χ4v) is 2.66. The van der Waals surface area contributed by atoms with Crippen LogP contribution in [0.3, 0.4) is 0 Å². The SMILES string of the molecule is COc1ccc(-c2nc(CN)n3c2CCC3)cc1F. The van der Waals surface area contributed by atoms with Crippen LogP contribution in [-0.4, -0.2) is 16.7 Å². The molecule has 5 heteroatoms. The molecular formula is C14H16FN3O. The van der Waals surface area contributed by atoms with Gasteiger partial charge in [0.1, 0.15) is 5.82 Å². The summed E-state index contributed by atoms with van der Waals surface area (Å²) in [7, 11) is 1.46. The van der Waals surface area contributed by atoms with E-state index in [1.165, 1.54) is 13.2 Å². The second kappa shape index (κ2) is 4.66. The number of methoxy groups -OCH3 is 1. The van der Waals surface area contributed by atoms with Crippen molar-refractivity contribution in [2.45, 2.75) is 25.9 Å². The predicted molar refractivity (Wildman–Crippen MR) is 70.4 cm³/mol. The van der Waals surface area contributed by atoms with Crippen LogP contribution in [0.4, 0.5) is 4.39 Å². The summed E-state index contributed by atoms with van der Waals surface area (Å²) in [5, 5.41) is 0. The summed E-state index contributed by atoms with van der Waals surface area (Å²) in [5.41, 5.74) is 8.50. The monoisotopic (exact) mass is 261 g/mol. The number of nitrogens with zero attached hydrogens (tertiary/aromatic N) is 2. The molecule has 2 N–H and O–H groups in total. The zero-order valence-corrected chi connectivity index (χ0v) is 10.8. The van der Waals surface area contributed by atoms with E-state index in [9.17, 15) is 4.39 Å². The van der Waals surface area contributed by atoms with Crippen molar-refractivity contribution < 1.29 is 9.13 Å². The predicted octanol–water partition coefficient (Wildman–Crippen LogP) is 2.10. The Morgan fingerprint density at radius 3 is 3.00 bits per heavy atom. The van der Waals surface area contributed by atoms with Crippen molar-refractivity contribution in [1.29, 1.82) is 0 Å². The molecule has 2 aromatic rings. The summed E-state index contributed by atoms with van der Waals surface area (Å²) in [5.74, 6) is 0.756. The molecule has 0 unspecified atom stereocenters. The molecule has 4 nitrogen and oxygen atoms in total. The summed E-state index contributed by atoms with van der Waals surface area (Å²) in [6.45, 7) is 1.36. The van der Waals surface area contributed by atoms with E-state index in [4.69, 9.17) is 10.5 Å². The third-order valence-electron chi connectivity index (χ3n) is 3.55. The van der Waals surface area contributed by atoms with Crippen LogP contribution in [0.1, 0.15) is 17.9 Å². The number of fused-ring (bicyclic) bond motifs is 1. The first kappa shape index (κ1) is 12.2. The number of rotatable bonds is 3. The average Bonchev–Trinajstić information content (AvgIpc) is 3.00. The molecular weight excluding hydrogens is 245 g/mol. The summed E-state index contributed by atoms with van der Waals surface area (Å²) >= 11 is 0. The van der Waals surface area contributed by atoms with Crippen molar-refractivity contribution in [1.82, 2.24) is 9.55 Å². The van der Waals surface area contributed by atoms with Gasteiger partial charge in [0.2, 0.25) is 0 Å². The van der Waals surface area contributed by atoms with Gasteiger partial charge in [-0.05, 0) is 31.0 Å². The van der Waals surface area contributed by atoms with Crippen LogP contribution in [0.5, 0.6) is 5.75 Å². The quantitative estimate of drug-likeness (QED) is 0.920. The lowest BCUT2D eigenvalue weighted by atomic mass is 10.1. The van der Waals surface area contributed by atoms with Crippen molar-refractivity contribution in [3.63, 3.8) is 0 Å². The highest BCUT2D eigenvalue weighted by atomic mass is 19.1. The van der Waals surface area contributed by atoms with Gasteiger partial charge in [0.25, 0.3) is 0 Å². The van der Waals surface area contributed by atoms with Gasteiger partial charge >= 0.3 is 0 Å². The molecule has 0 saturated heterocycles. The van der Waals surface area contributed by atoms with Crippen molar-refractivity contribution >= 4 is 0 Å². The van der Waals surface area contributed by atoms with Gasteiger partial charge in [-0.25, -0.2) is 9.37 Å². The molecule has 1 aromatic heterocycles. The molecule has 0 fully saturated rings. The number of benzene rings is 1. The first-order chi connectivity index (χ1) is 9.24. The molecule has 0 atom stereocenters. The molecule has 1 aromatic carbocycles. The van der Waals surface area contributed by atoms with Gasteiger partial charge in [0.05, 0.1) is 19.3 Å². The molecule has 0 aliphatic carbocycles. The van der Waals surface area contributed by atoms with Crippen molar-refractivity contribution in [2.24, 2.45) is 5.73 Å². The number of imidazole rings is 1. The van der Waals surface area contributed by atoms with Crippen molar-refractivity contribution in [3.8, 4) is 17.0 Å². The van der Waals surface area contributed by atoms with Crippen LogP contribution < -0.4 is 10.5 Å². The van der Waals surface area contributed by atoms with Crippen LogP contribution in [0, 0.1) is 5.82 Å². The minimum Gasteiger partial charge on any atom is -0.494 e. The van der Waals surface area contributed by atoms with E-state index in [0.717, 1.165) is 42.2 Å². The van der Waals surface area contributed by atoms with E-state index in [-0.39, 0.29) is 11.6 Å². The van der Waals surface area contributed by atoms with Gasteiger partial charge in [-0.15, -0.1) is 0 Å². The molecule has 1 aliphatic heterocycles. The Labute approximate surface area is 111 Å². The maximum Gasteiger partial charge on any atom is 0.165 e. The summed E-state index contributed by atoms with van der Waals surface area (Å²) in [6, 6.07) is 4.94. The Morgan fingerprint density at radius 2 is 2.32 bits per heavy atom. The Kier molecular flexibility index (Phi) is 2.98. The topological polar surface area (TPSA) is 53.1 Å². The van der Waals surface area contributed by atoms with Gasteiger partial charge < -0.3 is 15.0 Å². The Hall–Kier alpha value is -1.88. The van der Waals surface area contributed by atoms with E-state index in [1.807, 2.05) is 6.07 Å². The number of nitrogens with two attached hydrogens (primary N) is 1. The molecule has 0 bridgehead atoms. The maximum absolute atomic E-state index is 13.8. The third-order valence-corrected chi connectivity index (χ3v) is 3.55. The van der Waals surface area contributed by atoms with E-state index in [0.29, 0.717) is 6.54 Å². The van der Waals surface area contributed by atoms with Gasteiger partial charge in [-0.2, -0.15) is 0 Å². The average molecular weight is 261 g/mol. The zero-order chi connectivity index (χ0) is 13.4. The first-order valence-corrected chi connectivity index (χ1v) is 6.37. The van der Waals surface area contributed by atoms with Crippen molar-refractivity contribution in [3.05, 3.63) is 35.5 Å². The lowest BCUT2D eigenvalue weighted by Crippen LogP contribution is -2.06. The third kappa shape index (κ3) is 1.90. The second-order valence-corrected chi connectivity index (χ2v) is 4.63. The van der Waals surface area contributed by atoms with Gasteiger partial charge in [-0.1, -0.05) is 0 Å². The smallest absolute Gasteiger partial charge is 0.165 e. The van der Waals surface area contributed by atoms with E-state index in [1.54, 1.807) is 6.07 Å². The Balaban J connectivity index is 2.10. The summed E-state index contributed by atoms with van der Waals surface area (Å²) in [6.07, 6.45) is 2.06. The Bertz CT molecular complexity index is 621. The zero-order valence-electron chi connectivity index (χ0n) is 10.8. The van der Waals surface area contributed by atoms with Gasteiger partial charge in [-0.3, -0.25) is 0 Å². The Morgan fingerprint density at radius 1 is 1.47 bits per heavy atom. The minimum atomic E-state index is -0.367. The van der Waals surface area contributed by atoms with Gasteiger partial charge in [0, 0.05) is 17.8 Å². The fraction of sp³-hybridized carbons (Fsp3) is 0.357.